The maximum atomic E-state index is 13.6. The smallest absolute Gasteiger partial charge is 0.315 e. The minimum atomic E-state index is -0.933. The third kappa shape index (κ3) is 3.71. The summed E-state index contributed by atoms with van der Waals surface area (Å²) in [5.74, 6) is -1.31. The average Bonchev–Trinajstić information content (AvgIpc) is 2.35. The fourth-order valence-electron chi connectivity index (χ4n) is 2.62. The number of hydrogen-bond acceptors (Lipinski definition) is 2. The van der Waals surface area contributed by atoms with Crippen LogP contribution in [0.1, 0.15) is 44.2 Å². The van der Waals surface area contributed by atoms with Crippen molar-refractivity contribution in [2.45, 2.75) is 44.2 Å². The SMILES string of the molecule is CC(NC(=O)NC1(CC(=O)O)CCC1)c1ccccc1F. The Morgan fingerprint density at radius 2 is 2.05 bits per heavy atom. The zero-order valence-electron chi connectivity index (χ0n) is 11.9. The maximum Gasteiger partial charge on any atom is 0.315 e. The summed E-state index contributed by atoms with van der Waals surface area (Å²) in [6.07, 6.45) is 2.12. The third-order valence-corrected chi connectivity index (χ3v) is 3.90. The Morgan fingerprint density at radius 3 is 2.57 bits per heavy atom. The van der Waals surface area contributed by atoms with E-state index in [0.29, 0.717) is 18.4 Å². The van der Waals surface area contributed by atoms with Crippen LogP contribution in [0.5, 0.6) is 0 Å². The predicted molar refractivity (Wildman–Crippen MR) is 75.3 cm³/mol. The molecule has 1 aliphatic rings. The molecule has 2 rings (SSSR count). The second kappa shape index (κ2) is 6.11. The van der Waals surface area contributed by atoms with Crippen molar-refractivity contribution in [1.82, 2.24) is 10.6 Å². The Kier molecular flexibility index (Phi) is 4.45. The summed E-state index contributed by atoms with van der Waals surface area (Å²) < 4.78 is 13.6. The molecule has 1 saturated carbocycles. The van der Waals surface area contributed by atoms with E-state index < -0.39 is 23.6 Å². The molecule has 0 radical (unpaired) electrons. The molecule has 0 spiro atoms. The molecule has 1 aromatic rings. The van der Waals surface area contributed by atoms with Gasteiger partial charge in [0.15, 0.2) is 0 Å². The Morgan fingerprint density at radius 1 is 1.38 bits per heavy atom. The molecular formula is C15H19FN2O3. The number of amides is 2. The number of rotatable bonds is 5. The number of carboxylic acids is 1. The fourth-order valence-corrected chi connectivity index (χ4v) is 2.62. The monoisotopic (exact) mass is 294 g/mol. The van der Waals surface area contributed by atoms with Crippen molar-refractivity contribution < 1.29 is 19.1 Å². The van der Waals surface area contributed by atoms with E-state index in [4.69, 9.17) is 5.11 Å². The lowest BCUT2D eigenvalue weighted by molar-refractivity contribution is -0.139. The van der Waals surface area contributed by atoms with Crippen LogP contribution in [-0.2, 0) is 4.79 Å². The van der Waals surface area contributed by atoms with E-state index in [-0.39, 0.29) is 12.2 Å². The van der Waals surface area contributed by atoms with Gasteiger partial charge in [0.2, 0.25) is 0 Å². The molecule has 0 saturated heterocycles. The van der Waals surface area contributed by atoms with Gasteiger partial charge in [-0.25, -0.2) is 9.18 Å². The molecule has 1 aliphatic carbocycles. The van der Waals surface area contributed by atoms with Crippen LogP contribution in [0.2, 0.25) is 0 Å². The minimum Gasteiger partial charge on any atom is -0.481 e. The predicted octanol–water partition coefficient (Wildman–Crippen LogP) is 2.58. The number of urea groups is 1. The van der Waals surface area contributed by atoms with Gasteiger partial charge < -0.3 is 15.7 Å². The molecule has 6 heteroatoms. The van der Waals surface area contributed by atoms with Crippen LogP contribution in [0.4, 0.5) is 9.18 Å². The first-order chi connectivity index (χ1) is 9.92. The van der Waals surface area contributed by atoms with E-state index in [1.54, 1.807) is 25.1 Å². The molecule has 1 unspecified atom stereocenters. The highest BCUT2D eigenvalue weighted by Gasteiger charge is 2.40. The van der Waals surface area contributed by atoms with E-state index in [0.717, 1.165) is 6.42 Å². The van der Waals surface area contributed by atoms with Crippen LogP contribution in [0, 0.1) is 5.82 Å². The number of nitrogens with one attached hydrogen (secondary N) is 2. The summed E-state index contributed by atoms with van der Waals surface area (Å²) in [5, 5.41) is 14.3. The van der Waals surface area contributed by atoms with Crippen LogP contribution < -0.4 is 10.6 Å². The molecule has 114 valence electrons. The molecule has 0 aliphatic heterocycles. The number of aliphatic carboxylic acids is 1. The van der Waals surface area contributed by atoms with Crippen molar-refractivity contribution in [3.63, 3.8) is 0 Å². The quantitative estimate of drug-likeness (QED) is 0.781. The third-order valence-electron chi connectivity index (χ3n) is 3.90. The van der Waals surface area contributed by atoms with Crippen molar-refractivity contribution in [2.75, 3.05) is 0 Å². The van der Waals surface area contributed by atoms with E-state index in [9.17, 15) is 14.0 Å². The van der Waals surface area contributed by atoms with Gasteiger partial charge in [-0.05, 0) is 32.3 Å². The number of halogens is 1. The van der Waals surface area contributed by atoms with E-state index in [2.05, 4.69) is 10.6 Å². The lowest BCUT2D eigenvalue weighted by Gasteiger charge is -2.41. The zero-order chi connectivity index (χ0) is 15.5. The van der Waals surface area contributed by atoms with E-state index in [1.165, 1.54) is 6.07 Å². The Balaban J connectivity index is 1.95. The first-order valence-electron chi connectivity index (χ1n) is 6.97. The average molecular weight is 294 g/mol. The summed E-state index contributed by atoms with van der Waals surface area (Å²) in [6, 6.07) is 5.27. The largest absolute Gasteiger partial charge is 0.481 e. The van der Waals surface area contributed by atoms with Crippen molar-refractivity contribution in [2.24, 2.45) is 0 Å². The Hall–Kier alpha value is -2.11. The minimum absolute atomic E-state index is 0.0888. The number of hydrogen-bond donors (Lipinski definition) is 3. The lowest BCUT2D eigenvalue weighted by Crippen LogP contribution is -2.57. The normalized spacial score (nSPS) is 17.4. The zero-order valence-corrected chi connectivity index (χ0v) is 11.9. The van der Waals surface area contributed by atoms with Crippen LogP contribution >= 0.6 is 0 Å². The summed E-state index contributed by atoms with van der Waals surface area (Å²) in [6.45, 7) is 1.68. The van der Waals surface area contributed by atoms with Crippen molar-refractivity contribution in [3.8, 4) is 0 Å². The Labute approximate surface area is 122 Å². The van der Waals surface area contributed by atoms with Crippen molar-refractivity contribution in [3.05, 3.63) is 35.6 Å². The highest BCUT2D eigenvalue weighted by molar-refractivity contribution is 5.77. The molecule has 2 amide bonds. The van der Waals surface area contributed by atoms with Gasteiger partial charge in [0.1, 0.15) is 5.82 Å². The number of carboxylic acid groups (broad SMARTS) is 1. The van der Waals surface area contributed by atoms with E-state index in [1.807, 2.05) is 0 Å². The molecule has 0 bridgehead atoms. The number of benzene rings is 1. The van der Waals surface area contributed by atoms with Gasteiger partial charge in [0, 0.05) is 5.56 Å². The summed E-state index contributed by atoms with van der Waals surface area (Å²) in [4.78, 5) is 22.8. The van der Waals surface area contributed by atoms with Crippen molar-refractivity contribution >= 4 is 12.0 Å². The number of carbonyl (C=O) groups is 2. The standard InChI is InChI=1S/C15H19FN2O3/c1-10(11-5-2-3-6-12(11)16)17-14(21)18-15(7-4-8-15)9-13(19)20/h2-3,5-6,10H,4,7-9H2,1H3,(H,19,20)(H2,17,18,21). The second-order valence-electron chi connectivity index (χ2n) is 5.55. The highest BCUT2D eigenvalue weighted by Crippen LogP contribution is 2.34. The molecule has 1 atom stereocenters. The van der Waals surface area contributed by atoms with E-state index >= 15 is 0 Å². The van der Waals surface area contributed by atoms with Gasteiger partial charge in [-0.1, -0.05) is 18.2 Å². The van der Waals surface area contributed by atoms with Crippen LogP contribution in [0.25, 0.3) is 0 Å². The van der Waals surface area contributed by atoms with Gasteiger partial charge in [-0.15, -0.1) is 0 Å². The van der Waals surface area contributed by atoms with Gasteiger partial charge >= 0.3 is 12.0 Å². The second-order valence-corrected chi connectivity index (χ2v) is 5.55. The Bertz CT molecular complexity index is 543. The molecule has 21 heavy (non-hydrogen) atoms. The molecule has 3 N–H and O–H groups in total. The van der Waals surface area contributed by atoms with Gasteiger partial charge in [-0.2, -0.15) is 0 Å². The van der Waals surface area contributed by atoms with Crippen LogP contribution in [0.3, 0.4) is 0 Å². The maximum absolute atomic E-state index is 13.6. The van der Waals surface area contributed by atoms with Gasteiger partial charge in [0.05, 0.1) is 18.0 Å². The molecular weight excluding hydrogens is 275 g/mol. The first kappa shape index (κ1) is 15.3. The van der Waals surface area contributed by atoms with Crippen LogP contribution in [0.15, 0.2) is 24.3 Å². The van der Waals surface area contributed by atoms with Gasteiger partial charge in [-0.3, -0.25) is 4.79 Å². The van der Waals surface area contributed by atoms with Crippen LogP contribution in [-0.4, -0.2) is 22.6 Å². The number of carbonyl (C=O) groups excluding carboxylic acids is 1. The molecule has 5 nitrogen and oxygen atoms in total. The van der Waals surface area contributed by atoms with Crippen molar-refractivity contribution in [1.29, 1.82) is 0 Å². The topological polar surface area (TPSA) is 78.4 Å². The highest BCUT2D eigenvalue weighted by atomic mass is 19.1. The molecule has 0 heterocycles. The molecule has 0 aromatic heterocycles. The first-order valence-corrected chi connectivity index (χ1v) is 6.97. The molecule has 1 fully saturated rings. The summed E-state index contributed by atoms with van der Waals surface area (Å²) >= 11 is 0. The molecule has 1 aromatic carbocycles. The van der Waals surface area contributed by atoms with Gasteiger partial charge in [0.25, 0.3) is 0 Å². The fraction of sp³-hybridized carbons (Fsp3) is 0.467. The summed E-state index contributed by atoms with van der Waals surface area (Å²) in [7, 11) is 0. The lowest BCUT2D eigenvalue weighted by atomic mass is 9.74. The summed E-state index contributed by atoms with van der Waals surface area (Å²) in [5.41, 5.74) is -0.265.